The molecule has 0 spiro atoms. The maximum absolute atomic E-state index is 13.2. The molecular weight excluding hydrogens is 496 g/mol. The molecule has 0 radical (unpaired) electrons. The van der Waals surface area contributed by atoms with Crippen LogP contribution in [0, 0.1) is 20.8 Å². The zero-order valence-electron chi connectivity index (χ0n) is 21.7. The van der Waals surface area contributed by atoms with Crippen molar-refractivity contribution in [1.82, 2.24) is 5.32 Å². The number of rotatable bonds is 8. The van der Waals surface area contributed by atoms with Crippen molar-refractivity contribution < 1.29 is 17.9 Å². The third-order valence-corrected chi connectivity index (χ3v) is 8.23. The molecule has 0 aromatic heterocycles. The molecule has 0 aliphatic heterocycles. The number of ether oxygens (including phenoxy) is 1. The Morgan fingerprint density at radius 1 is 0.944 bits per heavy atom. The van der Waals surface area contributed by atoms with Gasteiger partial charge in [0.2, 0.25) is 0 Å². The summed E-state index contributed by atoms with van der Waals surface area (Å²) in [7, 11) is -2.38. The highest BCUT2D eigenvalue weighted by molar-refractivity contribution is 7.92. The molecule has 0 heterocycles. The number of carbonyl (C=O) groups excluding carboxylic acids is 1. The monoisotopic (exact) mass is 528 g/mol. The number of nitrogens with one attached hydrogen (secondary N) is 2. The average molecular weight is 529 g/mol. The van der Waals surface area contributed by atoms with Gasteiger partial charge in [-0.05, 0) is 97.8 Å². The van der Waals surface area contributed by atoms with Crippen LogP contribution in [0.2, 0.25) is 5.02 Å². The molecule has 0 aliphatic rings. The van der Waals surface area contributed by atoms with Gasteiger partial charge < -0.3 is 10.1 Å². The van der Waals surface area contributed by atoms with Gasteiger partial charge in [0, 0.05) is 5.56 Å². The van der Waals surface area contributed by atoms with E-state index in [0.29, 0.717) is 5.69 Å². The number of benzene rings is 3. The fourth-order valence-corrected chi connectivity index (χ4v) is 5.73. The van der Waals surface area contributed by atoms with Gasteiger partial charge in [-0.3, -0.25) is 9.52 Å². The van der Waals surface area contributed by atoms with Crippen molar-refractivity contribution >= 4 is 33.2 Å². The van der Waals surface area contributed by atoms with Gasteiger partial charge in [0.1, 0.15) is 10.6 Å². The van der Waals surface area contributed by atoms with Crippen LogP contribution in [0.15, 0.2) is 53.4 Å². The summed E-state index contributed by atoms with van der Waals surface area (Å²) in [4.78, 5) is 13.0. The zero-order chi connectivity index (χ0) is 26.8. The Bertz CT molecular complexity index is 1400. The number of halogens is 1. The average Bonchev–Trinajstić information content (AvgIpc) is 2.81. The van der Waals surface area contributed by atoms with Crippen molar-refractivity contribution in [3.05, 3.63) is 86.9 Å². The summed E-state index contributed by atoms with van der Waals surface area (Å²) in [6.45, 7) is 11.8. The van der Waals surface area contributed by atoms with Crippen LogP contribution < -0.4 is 14.8 Å². The fourth-order valence-electron chi connectivity index (χ4n) is 4.08. The number of hydrogen-bond acceptors (Lipinski definition) is 4. The van der Waals surface area contributed by atoms with Crippen LogP contribution in [0.1, 0.15) is 70.9 Å². The highest BCUT2D eigenvalue weighted by Gasteiger charge is 2.23. The first-order valence-electron chi connectivity index (χ1n) is 11.7. The molecule has 3 aromatic carbocycles. The van der Waals surface area contributed by atoms with Gasteiger partial charge in [-0.15, -0.1) is 0 Å². The Morgan fingerprint density at radius 3 is 2.28 bits per heavy atom. The first-order valence-corrected chi connectivity index (χ1v) is 13.6. The van der Waals surface area contributed by atoms with Crippen molar-refractivity contribution in [1.29, 1.82) is 0 Å². The predicted molar refractivity (Wildman–Crippen MR) is 146 cm³/mol. The SMILES string of the molecule is COc1cc(C)c([C@@H](C)NC(=O)c2ccc(Cl)c(S(=O)(=O)Nc3cccc(C)c3C)c2)cc1C(C)C. The smallest absolute Gasteiger partial charge is 0.263 e. The summed E-state index contributed by atoms with van der Waals surface area (Å²) in [6.07, 6.45) is 0. The Balaban J connectivity index is 1.89. The third kappa shape index (κ3) is 5.85. The summed E-state index contributed by atoms with van der Waals surface area (Å²) in [6, 6.07) is 13.3. The largest absolute Gasteiger partial charge is 0.496 e. The third-order valence-electron chi connectivity index (χ3n) is 6.39. The molecule has 0 unspecified atom stereocenters. The van der Waals surface area contributed by atoms with E-state index in [4.69, 9.17) is 16.3 Å². The molecule has 0 aliphatic carbocycles. The standard InChI is InChI=1S/C28H33ClN2O4S/c1-16(2)22-15-23(18(4)13-26(22)35-7)20(6)30-28(32)21-11-12-24(29)27(14-21)36(33,34)31-25-10-8-9-17(3)19(25)5/h8-16,20,31H,1-7H3,(H,30,32)/t20-/m1/s1. The van der Waals surface area contributed by atoms with Gasteiger partial charge in [0.05, 0.1) is 23.9 Å². The highest BCUT2D eigenvalue weighted by Crippen LogP contribution is 2.32. The molecule has 0 saturated heterocycles. The van der Waals surface area contributed by atoms with E-state index < -0.39 is 15.9 Å². The fraction of sp³-hybridized carbons (Fsp3) is 0.321. The Morgan fingerprint density at radius 2 is 1.64 bits per heavy atom. The lowest BCUT2D eigenvalue weighted by Crippen LogP contribution is -2.27. The molecule has 1 amide bonds. The van der Waals surface area contributed by atoms with Crippen molar-refractivity contribution in [2.45, 2.75) is 58.4 Å². The summed E-state index contributed by atoms with van der Waals surface area (Å²) < 4.78 is 34.5. The number of aryl methyl sites for hydroxylation is 2. The topological polar surface area (TPSA) is 84.5 Å². The second-order valence-electron chi connectivity index (χ2n) is 9.30. The first-order chi connectivity index (χ1) is 16.9. The van der Waals surface area contributed by atoms with Crippen LogP contribution in [0.4, 0.5) is 5.69 Å². The summed E-state index contributed by atoms with van der Waals surface area (Å²) in [5.41, 5.74) is 5.44. The summed E-state index contributed by atoms with van der Waals surface area (Å²) in [5.74, 6) is 0.660. The van der Waals surface area contributed by atoms with Gasteiger partial charge >= 0.3 is 0 Å². The number of amides is 1. The first kappa shape index (κ1) is 27.6. The molecule has 0 bridgehead atoms. The van der Waals surface area contributed by atoms with Gasteiger partial charge in [-0.25, -0.2) is 8.42 Å². The minimum Gasteiger partial charge on any atom is -0.496 e. The summed E-state index contributed by atoms with van der Waals surface area (Å²) in [5, 5.41) is 3.02. The summed E-state index contributed by atoms with van der Waals surface area (Å²) >= 11 is 6.26. The number of carbonyl (C=O) groups is 1. The molecule has 0 fully saturated rings. The van der Waals surface area contributed by atoms with E-state index in [1.807, 2.05) is 39.8 Å². The van der Waals surface area contributed by atoms with E-state index in [-0.39, 0.29) is 27.4 Å². The van der Waals surface area contributed by atoms with Gasteiger partial charge in [-0.1, -0.05) is 37.6 Å². The zero-order valence-corrected chi connectivity index (χ0v) is 23.3. The molecule has 192 valence electrons. The molecule has 36 heavy (non-hydrogen) atoms. The van der Waals surface area contributed by atoms with Crippen LogP contribution in [-0.4, -0.2) is 21.4 Å². The second-order valence-corrected chi connectivity index (χ2v) is 11.4. The molecule has 6 nitrogen and oxygen atoms in total. The lowest BCUT2D eigenvalue weighted by Gasteiger charge is -2.21. The van der Waals surface area contributed by atoms with Crippen LogP contribution in [0.5, 0.6) is 5.75 Å². The van der Waals surface area contributed by atoms with Crippen molar-refractivity contribution in [2.24, 2.45) is 0 Å². The molecule has 0 saturated carbocycles. The normalized spacial score (nSPS) is 12.4. The van der Waals surface area contributed by atoms with Crippen LogP contribution in [-0.2, 0) is 10.0 Å². The minimum atomic E-state index is -4.03. The van der Waals surface area contributed by atoms with Gasteiger partial charge in [0.25, 0.3) is 15.9 Å². The van der Waals surface area contributed by atoms with E-state index in [1.54, 1.807) is 19.2 Å². The van der Waals surface area contributed by atoms with Crippen molar-refractivity contribution in [2.75, 3.05) is 11.8 Å². The number of hydrogen-bond donors (Lipinski definition) is 2. The van der Waals surface area contributed by atoms with Crippen LogP contribution in [0.3, 0.4) is 0 Å². The molecule has 8 heteroatoms. The number of anilines is 1. The van der Waals surface area contributed by atoms with Crippen LogP contribution >= 0.6 is 11.6 Å². The van der Waals surface area contributed by atoms with E-state index in [1.165, 1.54) is 18.2 Å². The molecule has 2 N–H and O–H groups in total. The van der Waals surface area contributed by atoms with Gasteiger partial charge in [0.15, 0.2) is 0 Å². The maximum atomic E-state index is 13.2. The minimum absolute atomic E-state index is 0.0324. The highest BCUT2D eigenvalue weighted by atomic mass is 35.5. The maximum Gasteiger partial charge on any atom is 0.263 e. The van der Waals surface area contributed by atoms with E-state index in [9.17, 15) is 13.2 Å². The Kier molecular flexibility index (Phi) is 8.37. The van der Waals surface area contributed by atoms with E-state index in [0.717, 1.165) is 33.6 Å². The molecular formula is C28H33ClN2O4S. The van der Waals surface area contributed by atoms with Crippen LogP contribution in [0.25, 0.3) is 0 Å². The number of sulfonamides is 1. The number of methoxy groups -OCH3 is 1. The Labute approximate surface area is 219 Å². The quantitative estimate of drug-likeness (QED) is 0.341. The predicted octanol–water partition coefficient (Wildman–Crippen LogP) is 6.69. The molecule has 3 rings (SSSR count). The Hall–Kier alpha value is -3.03. The lowest BCUT2D eigenvalue weighted by atomic mass is 9.93. The van der Waals surface area contributed by atoms with Crippen molar-refractivity contribution in [3.8, 4) is 5.75 Å². The second kappa shape index (κ2) is 10.9. The van der Waals surface area contributed by atoms with Gasteiger partial charge in [-0.2, -0.15) is 0 Å². The van der Waals surface area contributed by atoms with Crippen molar-refractivity contribution in [3.63, 3.8) is 0 Å². The molecule has 3 aromatic rings. The van der Waals surface area contributed by atoms with E-state index in [2.05, 4.69) is 30.0 Å². The van der Waals surface area contributed by atoms with E-state index >= 15 is 0 Å². The molecule has 1 atom stereocenters. The lowest BCUT2D eigenvalue weighted by molar-refractivity contribution is 0.0939.